The van der Waals surface area contributed by atoms with Gasteiger partial charge in [-0.25, -0.2) is 4.98 Å². The van der Waals surface area contributed by atoms with E-state index in [-0.39, 0.29) is 30.7 Å². The monoisotopic (exact) mass is 388 g/mol. The van der Waals surface area contributed by atoms with Crippen molar-refractivity contribution in [2.24, 2.45) is 0 Å². The molecule has 0 aliphatic rings. The van der Waals surface area contributed by atoms with Gasteiger partial charge in [-0.1, -0.05) is 36.4 Å². The van der Waals surface area contributed by atoms with Crippen LogP contribution in [0.3, 0.4) is 0 Å². The Labute approximate surface area is 168 Å². The van der Waals surface area contributed by atoms with Crippen LogP contribution in [0.4, 0.5) is 0 Å². The Morgan fingerprint density at radius 1 is 1.17 bits per heavy atom. The number of hydrogen-bond donors (Lipinski definition) is 1. The number of nitrogens with zero attached hydrogens (tertiary/aromatic N) is 2. The Balaban J connectivity index is 2.06. The van der Waals surface area contributed by atoms with E-state index in [1.54, 1.807) is 19.1 Å². The van der Waals surface area contributed by atoms with E-state index in [1.807, 2.05) is 43.3 Å². The third-order valence-electron chi connectivity index (χ3n) is 4.65. The lowest BCUT2D eigenvalue weighted by Gasteiger charge is -2.11. The summed E-state index contributed by atoms with van der Waals surface area (Å²) < 4.78 is 4.82. The highest BCUT2D eigenvalue weighted by atomic mass is 16.5. The number of ketones is 1. The van der Waals surface area contributed by atoms with Crippen molar-refractivity contribution < 1.29 is 19.4 Å². The number of aryl methyl sites for hydroxylation is 1. The largest absolute Gasteiger partial charge is 0.504 e. The van der Waals surface area contributed by atoms with Gasteiger partial charge in [0.2, 0.25) is 0 Å². The first-order valence-corrected chi connectivity index (χ1v) is 9.28. The summed E-state index contributed by atoms with van der Waals surface area (Å²) in [6.07, 6.45) is -0.274. The molecule has 3 rings (SSSR count). The van der Waals surface area contributed by atoms with Crippen molar-refractivity contribution in [3.05, 3.63) is 59.3 Å². The number of carbonyl (C=O) groups excluding carboxylic acids is 2. The number of aromatic nitrogens is 1. The van der Waals surface area contributed by atoms with E-state index in [0.29, 0.717) is 10.9 Å². The van der Waals surface area contributed by atoms with Crippen LogP contribution in [0.25, 0.3) is 22.0 Å². The van der Waals surface area contributed by atoms with Gasteiger partial charge in [0.25, 0.3) is 0 Å². The Hall–Kier alpha value is -3.72. The van der Waals surface area contributed by atoms with Crippen molar-refractivity contribution in [2.45, 2.75) is 26.7 Å². The molecule has 29 heavy (non-hydrogen) atoms. The van der Waals surface area contributed by atoms with Crippen LogP contribution in [-0.2, 0) is 9.53 Å². The van der Waals surface area contributed by atoms with Crippen molar-refractivity contribution in [1.29, 1.82) is 5.26 Å². The van der Waals surface area contributed by atoms with Crippen LogP contribution >= 0.6 is 0 Å². The molecule has 0 amide bonds. The summed E-state index contributed by atoms with van der Waals surface area (Å²) in [6, 6.07) is 15.2. The van der Waals surface area contributed by atoms with Gasteiger partial charge in [0.1, 0.15) is 17.3 Å². The fraction of sp³-hybridized carbons (Fsp3) is 0.217. The molecule has 0 saturated heterocycles. The van der Waals surface area contributed by atoms with E-state index >= 15 is 0 Å². The number of nitriles is 1. The fourth-order valence-corrected chi connectivity index (χ4v) is 3.19. The standard InChI is InChI=1S/C23H20N2O4/c1-3-29-21(27)11-10-20(26)22-23(28)18(13-24)17-9-8-15(12-19(17)25-22)16-7-5-4-6-14(16)2/h4-9,12,28H,3,10-11H2,1-2H3. The summed E-state index contributed by atoms with van der Waals surface area (Å²) in [5.74, 6) is -1.48. The average molecular weight is 388 g/mol. The first-order valence-electron chi connectivity index (χ1n) is 9.28. The zero-order chi connectivity index (χ0) is 21.0. The molecule has 3 aromatic rings. The first kappa shape index (κ1) is 20.0. The molecule has 1 aromatic heterocycles. The number of hydrogen-bond acceptors (Lipinski definition) is 6. The summed E-state index contributed by atoms with van der Waals surface area (Å²) in [6.45, 7) is 3.91. The highest BCUT2D eigenvalue weighted by Crippen LogP contribution is 2.32. The van der Waals surface area contributed by atoms with Crippen LogP contribution in [0.2, 0.25) is 0 Å². The molecular formula is C23H20N2O4. The minimum absolute atomic E-state index is 0.00850. The minimum atomic E-state index is -0.518. The Kier molecular flexibility index (Phi) is 5.89. The predicted molar refractivity (Wildman–Crippen MR) is 108 cm³/mol. The molecular weight excluding hydrogens is 368 g/mol. The quantitative estimate of drug-likeness (QED) is 0.499. The maximum Gasteiger partial charge on any atom is 0.306 e. The molecule has 0 spiro atoms. The summed E-state index contributed by atoms with van der Waals surface area (Å²) in [5, 5.41) is 20.4. The third-order valence-corrected chi connectivity index (χ3v) is 4.65. The molecule has 0 aliphatic carbocycles. The molecule has 1 N–H and O–H groups in total. The molecule has 0 atom stereocenters. The number of ether oxygens (including phenoxy) is 1. The highest BCUT2D eigenvalue weighted by Gasteiger charge is 2.21. The second kappa shape index (κ2) is 8.53. The van der Waals surface area contributed by atoms with E-state index in [1.165, 1.54) is 0 Å². The zero-order valence-electron chi connectivity index (χ0n) is 16.2. The Morgan fingerprint density at radius 2 is 1.93 bits per heavy atom. The molecule has 0 radical (unpaired) electrons. The number of aromatic hydroxyl groups is 1. The normalized spacial score (nSPS) is 10.5. The Morgan fingerprint density at radius 3 is 2.62 bits per heavy atom. The second-order valence-corrected chi connectivity index (χ2v) is 6.57. The molecule has 0 aliphatic heterocycles. The molecule has 1 heterocycles. The maximum atomic E-state index is 12.6. The van der Waals surface area contributed by atoms with E-state index < -0.39 is 17.5 Å². The van der Waals surface area contributed by atoms with Gasteiger partial charge in [0, 0.05) is 11.8 Å². The van der Waals surface area contributed by atoms with Crippen molar-refractivity contribution in [1.82, 2.24) is 4.98 Å². The van der Waals surface area contributed by atoms with Gasteiger partial charge in [-0.3, -0.25) is 9.59 Å². The van der Waals surface area contributed by atoms with Crippen LogP contribution < -0.4 is 0 Å². The molecule has 6 nitrogen and oxygen atoms in total. The highest BCUT2D eigenvalue weighted by molar-refractivity contribution is 6.03. The molecule has 0 fully saturated rings. The van der Waals surface area contributed by atoms with Crippen molar-refractivity contribution >= 4 is 22.7 Å². The van der Waals surface area contributed by atoms with Crippen molar-refractivity contribution in [3.63, 3.8) is 0 Å². The number of rotatable bonds is 6. The summed E-state index contributed by atoms with van der Waals surface area (Å²) in [7, 11) is 0. The van der Waals surface area contributed by atoms with E-state index in [0.717, 1.165) is 16.7 Å². The molecule has 0 saturated carbocycles. The van der Waals surface area contributed by atoms with Crippen LogP contribution in [-0.4, -0.2) is 28.4 Å². The lowest BCUT2D eigenvalue weighted by Crippen LogP contribution is -2.10. The third kappa shape index (κ3) is 4.09. The van der Waals surface area contributed by atoms with Gasteiger partial charge >= 0.3 is 5.97 Å². The average Bonchev–Trinajstić information content (AvgIpc) is 2.72. The molecule has 0 bridgehead atoms. The maximum absolute atomic E-state index is 12.6. The number of pyridine rings is 1. The van der Waals surface area contributed by atoms with Gasteiger partial charge in [-0.2, -0.15) is 5.26 Å². The SMILES string of the molecule is CCOC(=O)CCC(=O)c1nc2cc(-c3ccccc3C)ccc2c(C#N)c1O. The van der Waals surface area contributed by atoms with Crippen LogP contribution in [0.15, 0.2) is 42.5 Å². The molecule has 2 aromatic carbocycles. The van der Waals surface area contributed by atoms with Gasteiger partial charge in [0.15, 0.2) is 11.5 Å². The number of benzene rings is 2. The predicted octanol–water partition coefficient (Wildman–Crippen LogP) is 4.31. The molecule has 6 heteroatoms. The van der Waals surface area contributed by atoms with E-state index in [4.69, 9.17) is 4.74 Å². The number of esters is 1. The summed E-state index contributed by atoms with van der Waals surface area (Å²) >= 11 is 0. The Bertz CT molecular complexity index is 1150. The summed E-state index contributed by atoms with van der Waals surface area (Å²) in [4.78, 5) is 28.4. The van der Waals surface area contributed by atoms with Gasteiger partial charge < -0.3 is 9.84 Å². The minimum Gasteiger partial charge on any atom is -0.504 e. The second-order valence-electron chi connectivity index (χ2n) is 6.57. The number of Topliss-reactive ketones (excluding diaryl/α,β-unsaturated/α-hetero) is 1. The molecule has 146 valence electrons. The van der Waals surface area contributed by atoms with E-state index in [9.17, 15) is 20.0 Å². The van der Waals surface area contributed by atoms with Crippen LogP contribution in [0.5, 0.6) is 5.75 Å². The first-order chi connectivity index (χ1) is 14.0. The number of carbonyl (C=O) groups is 2. The van der Waals surface area contributed by atoms with E-state index in [2.05, 4.69) is 4.98 Å². The van der Waals surface area contributed by atoms with Gasteiger partial charge in [-0.15, -0.1) is 0 Å². The smallest absolute Gasteiger partial charge is 0.306 e. The number of fused-ring (bicyclic) bond motifs is 1. The molecule has 0 unspecified atom stereocenters. The fourth-order valence-electron chi connectivity index (χ4n) is 3.19. The van der Waals surface area contributed by atoms with Gasteiger partial charge in [-0.05, 0) is 36.6 Å². The van der Waals surface area contributed by atoms with Crippen molar-refractivity contribution in [3.8, 4) is 22.9 Å². The lowest BCUT2D eigenvalue weighted by atomic mass is 9.97. The topological polar surface area (TPSA) is 100 Å². The lowest BCUT2D eigenvalue weighted by molar-refractivity contribution is -0.143. The van der Waals surface area contributed by atoms with Crippen molar-refractivity contribution in [2.75, 3.05) is 6.61 Å². The van der Waals surface area contributed by atoms with Crippen LogP contribution in [0.1, 0.15) is 41.4 Å². The summed E-state index contributed by atoms with van der Waals surface area (Å²) in [5.41, 5.74) is 3.20. The van der Waals surface area contributed by atoms with Crippen LogP contribution in [0, 0.1) is 18.3 Å². The zero-order valence-corrected chi connectivity index (χ0v) is 16.2. The van der Waals surface area contributed by atoms with Gasteiger partial charge in [0.05, 0.1) is 18.5 Å².